The lowest BCUT2D eigenvalue weighted by molar-refractivity contribution is 0.0943. The summed E-state index contributed by atoms with van der Waals surface area (Å²) in [4.78, 5) is 39.3. The number of aromatic nitrogens is 4. The molecule has 33 heavy (non-hydrogen) atoms. The molecule has 0 atom stereocenters. The normalized spacial score (nSPS) is 11.7. The van der Waals surface area contributed by atoms with Crippen LogP contribution in [-0.4, -0.2) is 30.7 Å². The predicted octanol–water partition coefficient (Wildman–Crippen LogP) is 2.79. The summed E-state index contributed by atoms with van der Waals surface area (Å²) in [7, 11) is 0. The fourth-order valence-corrected chi connectivity index (χ4v) is 3.82. The van der Waals surface area contributed by atoms with Gasteiger partial charge in [0.15, 0.2) is 0 Å². The van der Waals surface area contributed by atoms with E-state index in [0.29, 0.717) is 23.1 Å². The van der Waals surface area contributed by atoms with E-state index in [0.717, 1.165) is 4.68 Å². The summed E-state index contributed by atoms with van der Waals surface area (Å²) >= 11 is 0. The minimum atomic E-state index is -0.517. The molecule has 0 fully saturated rings. The zero-order valence-electron chi connectivity index (χ0n) is 19.0. The van der Waals surface area contributed by atoms with Gasteiger partial charge in [-0.15, -0.1) is 5.10 Å². The Morgan fingerprint density at radius 1 is 1.09 bits per heavy atom. The van der Waals surface area contributed by atoms with Crippen LogP contribution < -0.4 is 16.6 Å². The third-order valence-corrected chi connectivity index (χ3v) is 5.29. The van der Waals surface area contributed by atoms with E-state index in [4.69, 9.17) is 0 Å². The van der Waals surface area contributed by atoms with Gasteiger partial charge in [0.25, 0.3) is 11.5 Å². The first kappa shape index (κ1) is 22.4. The maximum Gasteiger partial charge on any atom is 0.352 e. The molecule has 4 rings (SSSR count). The highest BCUT2D eigenvalue weighted by molar-refractivity contribution is 5.98. The summed E-state index contributed by atoms with van der Waals surface area (Å²) in [5.41, 5.74) is 0.104. The number of carbonyl (C=O) groups is 1. The molecule has 172 valence electrons. The molecular formula is C24H26FN5O3. The summed E-state index contributed by atoms with van der Waals surface area (Å²) in [5.74, 6) is -0.479. The van der Waals surface area contributed by atoms with Crippen molar-refractivity contribution in [2.24, 2.45) is 5.92 Å². The molecule has 4 aromatic rings. The van der Waals surface area contributed by atoms with Crippen molar-refractivity contribution in [2.45, 2.75) is 46.8 Å². The van der Waals surface area contributed by atoms with Gasteiger partial charge in [-0.2, -0.15) is 0 Å². The Morgan fingerprint density at radius 2 is 1.82 bits per heavy atom. The number of nitrogens with zero attached hydrogens (tertiary/aromatic N) is 4. The number of fused-ring (bicyclic) bond motifs is 3. The molecule has 1 N–H and O–H groups in total. The van der Waals surface area contributed by atoms with Gasteiger partial charge >= 0.3 is 5.69 Å². The zero-order chi connectivity index (χ0) is 23.9. The molecule has 2 aromatic heterocycles. The largest absolute Gasteiger partial charge is 0.352 e. The summed E-state index contributed by atoms with van der Waals surface area (Å²) in [6.07, 6.45) is 0. The van der Waals surface area contributed by atoms with Crippen molar-refractivity contribution in [3.8, 4) is 0 Å². The minimum absolute atomic E-state index is 0.0708. The average molecular weight is 452 g/mol. The fourth-order valence-electron chi connectivity index (χ4n) is 3.82. The van der Waals surface area contributed by atoms with Crippen LogP contribution in [-0.2, 0) is 13.1 Å². The van der Waals surface area contributed by atoms with Gasteiger partial charge in [0, 0.05) is 23.7 Å². The Bertz CT molecular complexity index is 1480. The van der Waals surface area contributed by atoms with Crippen LogP contribution in [0.15, 0.2) is 52.1 Å². The van der Waals surface area contributed by atoms with Gasteiger partial charge in [0.2, 0.25) is 5.78 Å². The number of hydrogen-bond donors (Lipinski definition) is 1. The van der Waals surface area contributed by atoms with E-state index in [1.807, 2.05) is 27.7 Å². The topological polar surface area (TPSA) is 90.4 Å². The molecular weight excluding hydrogens is 425 g/mol. The Balaban J connectivity index is 2.00. The number of hydrogen-bond acceptors (Lipinski definition) is 4. The Hall–Kier alpha value is -3.75. The number of benzene rings is 2. The fraction of sp³-hybridized carbons (Fsp3) is 0.333. The molecule has 2 heterocycles. The van der Waals surface area contributed by atoms with E-state index in [1.54, 1.807) is 30.3 Å². The van der Waals surface area contributed by atoms with Gasteiger partial charge in [-0.05, 0) is 44.0 Å². The number of halogens is 1. The van der Waals surface area contributed by atoms with Gasteiger partial charge in [-0.25, -0.2) is 18.3 Å². The number of amides is 1. The van der Waals surface area contributed by atoms with Crippen molar-refractivity contribution < 1.29 is 9.18 Å². The van der Waals surface area contributed by atoms with Gasteiger partial charge in [-0.1, -0.05) is 32.0 Å². The van der Waals surface area contributed by atoms with Crippen LogP contribution in [0.4, 0.5) is 4.39 Å². The van der Waals surface area contributed by atoms with Gasteiger partial charge in [0.1, 0.15) is 5.82 Å². The quantitative estimate of drug-likeness (QED) is 0.488. The van der Waals surface area contributed by atoms with E-state index < -0.39 is 11.5 Å². The van der Waals surface area contributed by atoms with Crippen molar-refractivity contribution in [2.75, 3.05) is 0 Å². The second-order valence-electron chi connectivity index (χ2n) is 8.84. The molecule has 2 aromatic carbocycles. The van der Waals surface area contributed by atoms with E-state index in [2.05, 4.69) is 10.4 Å². The molecule has 0 saturated heterocycles. The maximum absolute atomic E-state index is 14.2. The van der Waals surface area contributed by atoms with Crippen LogP contribution >= 0.6 is 0 Å². The Kier molecular flexibility index (Phi) is 5.88. The van der Waals surface area contributed by atoms with Crippen LogP contribution in [0.2, 0.25) is 0 Å². The number of carbonyl (C=O) groups excluding carboxylic acids is 1. The number of rotatable bonds is 6. The monoisotopic (exact) mass is 451 g/mol. The second kappa shape index (κ2) is 8.65. The van der Waals surface area contributed by atoms with Gasteiger partial charge < -0.3 is 5.32 Å². The molecule has 0 radical (unpaired) electrons. The van der Waals surface area contributed by atoms with Gasteiger partial charge in [-0.3, -0.25) is 14.2 Å². The lowest BCUT2D eigenvalue weighted by Gasteiger charge is -2.13. The van der Waals surface area contributed by atoms with Crippen molar-refractivity contribution >= 4 is 22.6 Å². The van der Waals surface area contributed by atoms with E-state index >= 15 is 0 Å². The first-order valence-electron chi connectivity index (χ1n) is 10.9. The zero-order valence-corrected chi connectivity index (χ0v) is 19.0. The lowest BCUT2D eigenvalue weighted by atomic mass is 10.1. The standard InChI is InChI=1S/C24H26FN5O3/c1-14(2)12-28-22(32)18-10-9-16(21(31)26-15(3)4)11-20(18)30-23(28)27-29(24(30)33)13-17-7-5-6-8-19(17)25/h5-11,14-15H,12-13H2,1-4H3,(H,26,31). The molecule has 0 aliphatic carbocycles. The van der Waals surface area contributed by atoms with Crippen LogP contribution in [0.5, 0.6) is 0 Å². The van der Waals surface area contributed by atoms with Crippen molar-refractivity contribution in [1.82, 2.24) is 24.1 Å². The van der Waals surface area contributed by atoms with Crippen molar-refractivity contribution in [3.63, 3.8) is 0 Å². The molecule has 0 unspecified atom stereocenters. The van der Waals surface area contributed by atoms with Crippen LogP contribution in [0, 0.1) is 11.7 Å². The second-order valence-corrected chi connectivity index (χ2v) is 8.84. The molecule has 0 aliphatic heterocycles. The maximum atomic E-state index is 14.2. The third-order valence-electron chi connectivity index (χ3n) is 5.29. The Labute approximate surface area is 189 Å². The minimum Gasteiger partial charge on any atom is -0.350 e. The molecule has 9 heteroatoms. The van der Waals surface area contributed by atoms with E-state index in [-0.39, 0.29) is 41.3 Å². The summed E-state index contributed by atoms with van der Waals surface area (Å²) in [6, 6.07) is 10.7. The predicted molar refractivity (Wildman–Crippen MR) is 124 cm³/mol. The van der Waals surface area contributed by atoms with E-state index in [9.17, 15) is 18.8 Å². The molecule has 0 aliphatic rings. The average Bonchev–Trinajstić information content (AvgIpc) is 3.08. The summed E-state index contributed by atoms with van der Waals surface area (Å²) in [5, 5.41) is 7.51. The van der Waals surface area contributed by atoms with Gasteiger partial charge in [0.05, 0.1) is 17.4 Å². The molecule has 1 amide bonds. The van der Waals surface area contributed by atoms with Crippen LogP contribution in [0.1, 0.15) is 43.6 Å². The molecule has 0 spiro atoms. The summed E-state index contributed by atoms with van der Waals surface area (Å²) < 4.78 is 18.2. The first-order chi connectivity index (χ1) is 15.7. The molecule has 0 saturated carbocycles. The van der Waals surface area contributed by atoms with Crippen molar-refractivity contribution in [1.29, 1.82) is 0 Å². The summed E-state index contributed by atoms with van der Waals surface area (Å²) in [6.45, 7) is 7.88. The SMILES string of the molecule is CC(C)Cn1c(=O)c2ccc(C(=O)NC(C)C)cc2n2c(=O)n(Cc3ccccc3F)nc12. The number of nitrogens with one attached hydrogen (secondary N) is 1. The van der Waals surface area contributed by atoms with Crippen LogP contribution in [0.25, 0.3) is 16.7 Å². The molecule has 8 nitrogen and oxygen atoms in total. The smallest absolute Gasteiger partial charge is 0.350 e. The highest BCUT2D eigenvalue weighted by Gasteiger charge is 2.20. The van der Waals surface area contributed by atoms with Crippen molar-refractivity contribution in [3.05, 3.63) is 80.2 Å². The molecule has 0 bridgehead atoms. The lowest BCUT2D eigenvalue weighted by Crippen LogP contribution is -2.31. The highest BCUT2D eigenvalue weighted by atomic mass is 19.1. The third kappa shape index (κ3) is 4.18. The van der Waals surface area contributed by atoms with Crippen LogP contribution in [0.3, 0.4) is 0 Å². The first-order valence-corrected chi connectivity index (χ1v) is 10.9. The Morgan fingerprint density at radius 3 is 2.48 bits per heavy atom. The highest BCUT2D eigenvalue weighted by Crippen LogP contribution is 2.16. The van der Waals surface area contributed by atoms with E-state index in [1.165, 1.54) is 21.1 Å².